The molecule has 0 unspecified atom stereocenters. The second kappa shape index (κ2) is 8.10. The number of aromatic amines is 1. The third kappa shape index (κ3) is 4.08. The summed E-state index contributed by atoms with van der Waals surface area (Å²) in [5.74, 6) is 0.571. The summed E-state index contributed by atoms with van der Waals surface area (Å²) in [5, 5.41) is 12.1. The number of nitro groups is 1. The van der Waals surface area contributed by atoms with Crippen LogP contribution in [0.2, 0.25) is 0 Å². The van der Waals surface area contributed by atoms with E-state index in [-0.39, 0.29) is 11.2 Å². The Kier molecular flexibility index (Phi) is 5.36. The van der Waals surface area contributed by atoms with Crippen LogP contribution in [0, 0.1) is 10.1 Å². The number of H-pyrrole nitrogens is 1. The summed E-state index contributed by atoms with van der Waals surface area (Å²) in [7, 11) is 0. The SMILES string of the molecule is O=c1[nH]c(CN2CCN(c3ccc(C(F)(F)F)cc3[N+](=O)[O-])CC2)nc2sc3c(c12)CCC3. The van der Waals surface area contributed by atoms with Crippen LogP contribution >= 0.6 is 11.3 Å². The van der Waals surface area contributed by atoms with Crippen LogP contribution in [-0.4, -0.2) is 46.0 Å². The smallest absolute Gasteiger partial charge is 0.363 e. The van der Waals surface area contributed by atoms with Gasteiger partial charge in [0.2, 0.25) is 0 Å². The molecular weight excluding hydrogens is 459 g/mol. The number of nitro benzene ring substituents is 1. The van der Waals surface area contributed by atoms with Gasteiger partial charge in [-0.3, -0.25) is 19.8 Å². The van der Waals surface area contributed by atoms with Crippen LogP contribution in [-0.2, 0) is 25.6 Å². The molecule has 0 bridgehead atoms. The lowest BCUT2D eigenvalue weighted by atomic mass is 10.1. The number of hydrogen-bond acceptors (Lipinski definition) is 7. The Morgan fingerprint density at radius 1 is 1.18 bits per heavy atom. The zero-order valence-corrected chi connectivity index (χ0v) is 18.3. The van der Waals surface area contributed by atoms with E-state index in [1.165, 1.54) is 10.9 Å². The average Bonchev–Trinajstić information content (AvgIpc) is 3.34. The summed E-state index contributed by atoms with van der Waals surface area (Å²) >= 11 is 1.58. The molecule has 2 aliphatic rings. The van der Waals surface area contributed by atoms with Crippen LogP contribution in [0.4, 0.5) is 24.5 Å². The number of hydrogen-bond donors (Lipinski definition) is 1. The normalized spacial score (nSPS) is 17.0. The van der Waals surface area contributed by atoms with E-state index in [0.29, 0.717) is 50.0 Å². The van der Waals surface area contributed by atoms with Crippen molar-refractivity contribution in [1.82, 2.24) is 14.9 Å². The van der Waals surface area contributed by atoms with Crippen LogP contribution in [0.5, 0.6) is 0 Å². The number of thiophene rings is 1. The maximum atomic E-state index is 13.0. The lowest BCUT2D eigenvalue weighted by Crippen LogP contribution is -2.46. The van der Waals surface area contributed by atoms with Crippen LogP contribution in [0.3, 0.4) is 0 Å². The highest BCUT2D eigenvalue weighted by Gasteiger charge is 2.34. The van der Waals surface area contributed by atoms with E-state index in [9.17, 15) is 28.1 Å². The van der Waals surface area contributed by atoms with Gasteiger partial charge in [-0.1, -0.05) is 0 Å². The average molecular weight is 479 g/mol. The van der Waals surface area contributed by atoms with Crippen molar-refractivity contribution in [2.75, 3.05) is 31.1 Å². The van der Waals surface area contributed by atoms with E-state index >= 15 is 0 Å². The van der Waals surface area contributed by atoms with Crippen molar-refractivity contribution in [2.45, 2.75) is 32.0 Å². The maximum absolute atomic E-state index is 13.0. The van der Waals surface area contributed by atoms with E-state index in [4.69, 9.17) is 0 Å². The molecule has 1 aliphatic heterocycles. The third-order valence-electron chi connectivity index (χ3n) is 6.21. The fourth-order valence-corrected chi connectivity index (χ4v) is 5.87. The molecular formula is C21H20F3N5O3S. The Hall–Kier alpha value is -2.99. The Morgan fingerprint density at radius 2 is 1.94 bits per heavy atom. The molecule has 8 nitrogen and oxygen atoms in total. The van der Waals surface area contributed by atoms with Crippen LogP contribution < -0.4 is 10.5 Å². The van der Waals surface area contributed by atoms with Gasteiger partial charge in [-0.25, -0.2) is 4.98 Å². The number of anilines is 1. The van der Waals surface area contributed by atoms with Gasteiger partial charge in [0.05, 0.1) is 22.4 Å². The van der Waals surface area contributed by atoms with Crippen molar-refractivity contribution < 1.29 is 18.1 Å². The molecule has 0 saturated carbocycles. The van der Waals surface area contributed by atoms with Crippen molar-refractivity contribution >= 4 is 32.9 Å². The minimum atomic E-state index is -4.64. The monoisotopic (exact) mass is 479 g/mol. The van der Waals surface area contributed by atoms with Gasteiger partial charge in [-0.2, -0.15) is 13.2 Å². The van der Waals surface area contributed by atoms with Crippen molar-refractivity contribution in [3.05, 3.63) is 60.5 Å². The first-order valence-electron chi connectivity index (χ1n) is 10.6. The number of alkyl halides is 3. The molecule has 3 heterocycles. The van der Waals surface area contributed by atoms with Crippen LogP contribution in [0.15, 0.2) is 23.0 Å². The number of nitrogens with zero attached hydrogens (tertiary/aromatic N) is 4. The Bertz CT molecular complexity index is 1290. The molecule has 2 aromatic heterocycles. The largest absolute Gasteiger partial charge is 0.416 e. The van der Waals surface area contributed by atoms with Gasteiger partial charge in [0.15, 0.2) is 0 Å². The lowest BCUT2D eigenvalue weighted by molar-refractivity contribution is -0.384. The highest BCUT2D eigenvalue weighted by Crippen LogP contribution is 2.37. The fourth-order valence-electron chi connectivity index (χ4n) is 4.59. The molecule has 0 radical (unpaired) electrons. The first-order chi connectivity index (χ1) is 15.7. The number of aromatic nitrogens is 2. The predicted molar refractivity (Wildman–Crippen MR) is 118 cm³/mol. The summed E-state index contributed by atoms with van der Waals surface area (Å²) in [6.07, 6.45) is -1.67. The number of rotatable bonds is 4. The molecule has 33 heavy (non-hydrogen) atoms. The molecule has 5 rings (SSSR count). The number of halogens is 3. The van der Waals surface area contributed by atoms with E-state index in [2.05, 4.69) is 14.9 Å². The second-order valence-corrected chi connectivity index (χ2v) is 9.36. The molecule has 174 valence electrons. The minimum absolute atomic E-state index is 0.117. The second-order valence-electron chi connectivity index (χ2n) is 8.27. The summed E-state index contributed by atoms with van der Waals surface area (Å²) in [6.45, 7) is 2.30. The zero-order valence-electron chi connectivity index (χ0n) is 17.4. The Morgan fingerprint density at radius 3 is 2.64 bits per heavy atom. The molecule has 1 aliphatic carbocycles. The van der Waals surface area contributed by atoms with Gasteiger partial charge in [-0.05, 0) is 37.0 Å². The molecule has 1 aromatic carbocycles. The lowest BCUT2D eigenvalue weighted by Gasteiger charge is -2.35. The van der Waals surface area contributed by atoms with Crippen molar-refractivity contribution in [2.24, 2.45) is 0 Å². The molecule has 3 aromatic rings. The molecule has 0 amide bonds. The van der Waals surface area contributed by atoms with Crippen molar-refractivity contribution in [3.63, 3.8) is 0 Å². The predicted octanol–water partition coefficient (Wildman–Crippen LogP) is 3.72. The Balaban J connectivity index is 1.30. The number of piperazine rings is 1. The highest BCUT2D eigenvalue weighted by atomic mass is 32.1. The van der Waals surface area contributed by atoms with Gasteiger partial charge in [0.1, 0.15) is 16.3 Å². The molecule has 1 fully saturated rings. The zero-order chi connectivity index (χ0) is 23.3. The highest BCUT2D eigenvalue weighted by molar-refractivity contribution is 7.18. The number of benzene rings is 1. The standard InChI is InChI=1S/C21H20F3N5O3S/c22-21(23,24)12-4-5-14(15(10-12)29(31)32)28-8-6-27(7-9-28)11-17-25-19(30)18-13-2-1-3-16(13)33-20(18)26-17/h4-5,10H,1-3,6-9,11H2,(H,25,26,30). The van der Waals surface area contributed by atoms with Gasteiger partial charge in [-0.15, -0.1) is 11.3 Å². The number of aryl methyl sites for hydroxylation is 2. The molecule has 0 spiro atoms. The summed E-state index contributed by atoms with van der Waals surface area (Å²) < 4.78 is 38.9. The summed E-state index contributed by atoms with van der Waals surface area (Å²) in [6, 6.07) is 2.63. The van der Waals surface area contributed by atoms with Gasteiger partial charge in [0, 0.05) is 37.1 Å². The Labute approximate surface area is 189 Å². The molecule has 12 heteroatoms. The van der Waals surface area contributed by atoms with E-state index in [1.807, 2.05) is 0 Å². The molecule has 1 N–H and O–H groups in total. The molecule has 0 atom stereocenters. The number of fused-ring (bicyclic) bond motifs is 3. The van der Waals surface area contributed by atoms with E-state index < -0.39 is 22.4 Å². The third-order valence-corrected chi connectivity index (χ3v) is 7.40. The van der Waals surface area contributed by atoms with Crippen molar-refractivity contribution in [1.29, 1.82) is 0 Å². The van der Waals surface area contributed by atoms with E-state index in [0.717, 1.165) is 35.7 Å². The summed E-state index contributed by atoms with van der Waals surface area (Å²) in [5.41, 5.74) is -0.411. The minimum Gasteiger partial charge on any atom is -0.363 e. The quantitative estimate of drug-likeness (QED) is 0.453. The number of nitrogens with one attached hydrogen (secondary N) is 1. The van der Waals surface area contributed by atoms with Gasteiger partial charge < -0.3 is 9.88 Å². The van der Waals surface area contributed by atoms with Crippen LogP contribution in [0.1, 0.15) is 28.2 Å². The first kappa shape index (κ1) is 21.8. The maximum Gasteiger partial charge on any atom is 0.416 e. The first-order valence-corrected chi connectivity index (χ1v) is 11.4. The summed E-state index contributed by atoms with van der Waals surface area (Å²) in [4.78, 5) is 36.6. The van der Waals surface area contributed by atoms with Gasteiger partial charge >= 0.3 is 6.18 Å². The fraction of sp³-hybridized carbons (Fsp3) is 0.429. The topological polar surface area (TPSA) is 95.4 Å². The van der Waals surface area contributed by atoms with Crippen LogP contribution in [0.25, 0.3) is 10.2 Å². The van der Waals surface area contributed by atoms with Crippen molar-refractivity contribution in [3.8, 4) is 0 Å². The molecule has 1 saturated heterocycles. The van der Waals surface area contributed by atoms with Gasteiger partial charge in [0.25, 0.3) is 11.2 Å². The van der Waals surface area contributed by atoms with E-state index in [1.54, 1.807) is 16.2 Å².